The molecule has 1 N–H and O–H groups in total. The maximum Gasteiger partial charge on any atom is 0.387 e. The Morgan fingerprint density at radius 3 is 2.54 bits per heavy atom. The van der Waals surface area contributed by atoms with Crippen LogP contribution in [0, 0.1) is 11.3 Å². The molecule has 0 aliphatic heterocycles. The molecule has 1 aromatic carbocycles. The normalized spacial score (nSPS) is 10.2. The lowest BCUT2D eigenvalue weighted by Crippen LogP contribution is -2.33. The van der Waals surface area contributed by atoms with E-state index in [0.717, 1.165) is 23.9 Å². The smallest absolute Gasteiger partial charge is 0.387 e. The molecule has 10 heteroatoms. The van der Waals surface area contributed by atoms with Crippen LogP contribution >= 0.6 is 0 Å². The second-order valence-corrected chi connectivity index (χ2v) is 5.48. The number of hydrogen-bond acceptors (Lipinski definition) is 6. The summed E-state index contributed by atoms with van der Waals surface area (Å²) in [6.45, 7) is -3.28. The molecule has 2 aromatic rings. The largest absolute Gasteiger partial charge is 0.465 e. The van der Waals surface area contributed by atoms with Crippen LogP contribution < -0.4 is 15.6 Å². The predicted molar refractivity (Wildman–Crippen MR) is 91.7 cm³/mol. The van der Waals surface area contributed by atoms with Gasteiger partial charge in [-0.25, -0.2) is 4.79 Å². The van der Waals surface area contributed by atoms with Crippen molar-refractivity contribution >= 4 is 11.9 Å². The Balaban J connectivity index is 2.06. The van der Waals surface area contributed by atoms with E-state index in [1.165, 1.54) is 24.3 Å². The van der Waals surface area contributed by atoms with Crippen LogP contribution in [0.1, 0.15) is 21.5 Å². The zero-order valence-electron chi connectivity index (χ0n) is 14.6. The van der Waals surface area contributed by atoms with Crippen molar-refractivity contribution in [3.05, 3.63) is 63.6 Å². The van der Waals surface area contributed by atoms with Gasteiger partial charge < -0.3 is 19.4 Å². The number of aromatic nitrogens is 1. The Labute approximate surface area is 157 Å². The monoisotopic (exact) mass is 391 g/mol. The van der Waals surface area contributed by atoms with Crippen molar-refractivity contribution in [1.82, 2.24) is 9.88 Å². The number of benzene rings is 1. The van der Waals surface area contributed by atoms with Crippen LogP contribution in [0.3, 0.4) is 0 Å². The number of hydrogen-bond donors (Lipinski definition) is 1. The van der Waals surface area contributed by atoms with Crippen molar-refractivity contribution in [3.63, 3.8) is 0 Å². The molecular weight excluding hydrogens is 376 g/mol. The maximum absolute atomic E-state index is 12.1. The standard InChI is InChI=1S/C18H15F2N3O5/c1-27-17(26)13-6-12(7-21)16(25)23(9-13)10-15(24)22-8-11-2-4-14(5-3-11)28-18(19)20/h2-6,9,18H,8,10H2,1H3,(H,22,24). The zero-order chi connectivity index (χ0) is 20.7. The fraction of sp³-hybridized carbons (Fsp3) is 0.222. The quantitative estimate of drug-likeness (QED) is 0.715. The molecule has 1 heterocycles. The third-order valence-corrected chi connectivity index (χ3v) is 3.58. The number of amides is 1. The first-order valence-electron chi connectivity index (χ1n) is 7.87. The summed E-state index contributed by atoms with van der Waals surface area (Å²) in [5.41, 5.74) is -0.450. The molecule has 0 saturated carbocycles. The zero-order valence-corrected chi connectivity index (χ0v) is 14.6. The first kappa shape index (κ1) is 20.6. The van der Waals surface area contributed by atoms with E-state index in [9.17, 15) is 23.2 Å². The van der Waals surface area contributed by atoms with Gasteiger partial charge in [0.2, 0.25) is 5.91 Å². The molecule has 0 spiro atoms. The summed E-state index contributed by atoms with van der Waals surface area (Å²) in [7, 11) is 1.15. The molecule has 0 fully saturated rings. The highest BCUT2D eigenvalue weighted by Crippen LogP contribution is 2.14. The highest BCUT2D eigenvalue weighted by molar-refractivity contribution is 5.89. The second kappa shape index (κ2) is 9.27. The van der Waals surface area contributed by atoms with Gasteiger partial charge in [-0.3, -0.25) is 9.59 Å². The van der Waals surface area contributed by atoms with E-state index >= 15 is 0 Å². The lowest BCUT2D eigenvalue weighted by Gasteiger charge is -2.10. The summed E-state index contributed by atoms with van der Waals surface area (Å²) < 4.78 is 33.9. The third-order valence-electron chi connectivity index (χ3n) is 3.58. The van der Waals surface area contributed by atoms with E-state index in [1.54, 1.807) is 6.07 Å². The number of rotatable bonds is 7. The van der Waals surface area contributed by atoms with E-state index in [2.05, 4.69) is 14.8 Å². The number of nitriles is 1. The molecule has 0 unspecified atom stereocenters. The minimum atomic E-state index is -2.93. The highest BCUT2D eigenvalue weighted by Gasteiger charge is 2.14. The lowest BCUT2D eigenvalue weighted by molar-refractivity contribution is -0.121. The third kappa shape index (κ3) is 5.38. The Morgan fingerprint density at radius 1 is 1.29 bits per heavy atom. The first-order chi connectivity index (χ1) is 13.3. The van der Waals surface area contributed by atoms with E-state index in [0.29, 0.717) is 5.56 Å². The molecule has 1 aromatic heterocycles. The molecule has 0 bridgehead atoms. The summed E-state index contributed by atoms with van der Waals surface area (Å²) in [6, 6.07) is 8.41. The van der Waals surface area contributed by atoms with Crippen LogP contribution in [0.15, 0.2) is 41.3 Å². The Morgan fingerprint density at radius 2 is 1.96 bits per heavy atom. The van der Waals surface area contributed by atoms with Gasteiger partial charge >= 0.3 is 12.6 Å². The van der Waals surface area contributed by atoms with E-state index < -0.39 is 30.6 Å². The number of halogens is 2. The molecular formula is C18H15F2N3O5. The lowest BCUT2D eigenvalue weighted by atomic mass is 10.2. The SMILES string of the molecule is COC(=O)c1cc(C#N)c(=O)n(CC(=O)NCc2ccc(OC(F)F)cc2)c1. The minimum absolute atomic E-state index is 0.0136. The average molecular weight is 391 g/mol. The molecule has 8 nitrogen and oxygen atoms in total. The molecule has 28 heavy (non-hydrogen) atoms. The average Bonchev–Trinajstić information content (AvgIpc) is 2.68. The summed E-state index contributed by atoms with van der Waals surface area (Å²) in [5.74, 6) is -1.32. The summed E-state index contributed by atoms with van der Waals surface area (Å²) in [5, 5.41) is 11.6. The van der Waals surface area contributed by atoms with Gasteiger partial charge in [0, 0.05) is 12.7 Å². The highest BCUT2D eigenvalue weighted by atomic mass is 19.3. The molecule has 0 aliphatic rings. The van der Waals surface area contributed by atoms with Gasteiger partial charge in [-0.05, 0) is 23.8 Å². The van der Waals surface area contributed by atoms with Gasteiger partial charge in [0.25, 0.3) is 5.56 Å². The molecule has 0 saturated heterocycles. The fourth-order valence-corrected chi connectivity index (χ4v) is 2.26. The number of ether oxygens (including phenoxy) is 2. The molecule has 2 rings (SSSR count). The van der Waals surface area contributed by atoms with E-state index in [-0.39, 0.29) is 23.4 Å². The van der Waals surface area contributed by atoms with Crippen molar-refractivity contribution in [3.8, 4) is 11.8 Å². The van der Waals surface area contributed by atoms with Crippen molar-refractivity contribution in [2.24, 2.45) is 0 Å². The van der Waals surface area contributed by atoms with Gasteiger partial charge in [-0.1, -0.05) is 12.1 Å². The van der Waals surface area contributed by atoms with Crippen LogP contribution in [0.4, 0.5) is 8.78 Å². The number of methoxy groups -OCH3 is 1. The topological polar surface area (TPSA) is 110 Å². The van der Waals surface area contributed by atoms with Crippen LogP contribution in [-0.2, 0) is 22.6 Å². The van der Waals surface area contributed by atoms with Crippen LogP contribution in [0.2, 0.25) is 0 Å². The Bertz CT molecular complexity index is 965. The van der Waals surface area contributed by atoms with Crippen LogP contribution in [0.5, 0.6) is 5.75 Å². The number of alkyl halides is 2. The Kier molecular flexibility index (Phi) is 6.81. The number of nitrogens with zero attached hydrogens (tertiary/aromatic N) is 2. The first-order valence-corrected chi connectivity index (χ1v) is 7.87. The van der Waals surface area contributed by atoms with Gasteiger partial charge in [-0.2, -0.15) is 14.0 Å². The maximum atomic E-state index is 12.1. The van der Waals surface area contributed by atoms with Gasteiger partial charge in [0.05, 0.1) is 12.7 Å². The predicted octanol–water partition coefficient (Wildman–Crippen LogP) is 1.42. The van der Waals surface area contributed by atoms with Crippen molar-refractivity contribution in [2.75, 3.05) is 7.11 Å². The van der Waals surface area contributed by atoms with Gasteiger partial charge in [0.1, 0.15) is 23.9 Å². The number of pyridine rings is 1. The molecule has 1 amide bonds. The molecule has 0 radical (unpaired) electrons. The van der Waals surface area contributed by atoms with Gasteiger partial charge in [0.15, 0.2) is 0 Å². The van der Waals surface area contributed by atoms with Crippen LogP contribution in [-0.4, -0.2) is 30.2 Å². The Hall–Kier alpha value is -3.74. The van der Waals surface area contributed by atoms with E-state index in [1.807, 2.05) is 0 Å². The van der Waals surface area contributed by atoms with Crippen molar-refractivity contribution in [2.45, 2.75) is 19.7 Å². The number of carbonyl (C=O) groups is 2. The minimum Gasteiger partial charge on any atom is -0.465 e. The number of carbonyl (C=O) groups excluding carboxylic acids is 2. The van der Waals surface area contributed by atoms with Crippen molar-refractivity contribution < 1.29 is 27.8 Å². The van der Waals surface area contributed by atoms with E-state index in [4.69, 9.17) is 5.26 Å². The van der Waals surface area contributed by atoms with Gasteiger partial charge in [-0.15, -0.1) is 0 Å². The molecule has 146 valence electrons. The van der Waals surface area contributed by atoms with Crippen molar-refractivity contribution in [1.29, 1.82) is 5.26 Å². The second-order valence-electron chi connectivity index (χ2n) is 5.48. The summed E-state index contributed by atoms with van der Waals surface area (Å²) in [4.78, 5) is 35.9. The molecule has 0 atom stereocenters. The van der Waals surface area contributed by atoms with Crippen LogP contribution in [0.25, 0.3) is 0 Å². The summed E-state index contributed by atoms with van der Waals surface area (Å²) >= 11 is 0. The number of nitrogens with one attached hydrogen (secondary N) is 1. The molecule has 0 aliphatic carbocycles. The summed E-state index contributed by atoms with van der Waals surface area (Å²) in [6.07, 6.45) is 1.13. The fourth-order valence-electron chi connectivity index (χ4n) is 2.26. The number of esters is 1.